The van der Waals surface area contributed by atoms with Crippen LogP contribution in [-0.4, -0.2) is 46.5 Å². The van der Waals surface area contributed by atoms with E-state index in [1.165, 1.54) is 0 Å². The number of carboxylic acid groups (broad SMARTS) is 1. The van der Waals surface area contributed by atoms with E-state index in [4.69, 9.17) is 15.3 Å². The topological polar surface area (TPSA) is 107 Å². The van der Waals surface area contributed by atoms with E-state index in [9.17, 15) is 9.59 Å². The monoisotopic (exact) mass is 177 g/mol. The second kappa shape index (κ2) is 5.50. The molecule has 0 aromatic rings. The highest BCUT2D eigenvalue weighted by Crippen LogP contribution is 1.84. The van der Waals surface area contributed by atoms with E-state index in [-0.39, 0.29) is 0 Å². The number of aliphatic hydroxyl groups excluding tert-OH is 2. The minimum Gasteiger partial charge on any atom is -0.481 e. The molecule has 0 radical (unpaired) electrons. The third-order valence-corrected chi connectivity index (χ3v) is 1.12. The Labute approximate surface area is 68.8 Å². The van der Waals surface area contributed by atoms with Crippen LogP contribution < -0.4 is 5.32 Å². The highest BCUT2D eigenvalue weighted by molar-refractivity contribution is 5.93. The van der Waals surface area contributed by atoms with Crippen molar-refractivity contribution < 1.29 is 24.9 Å². The SMILES string of the molecule is O=C(O)CC(=O)NC(CO)CO. The van der Waals surface area contributed by atoms with Crippen LogP contribution in [0.3, 0.4) is 0 Å². The van der Waals surface area contributed by atoms with Gasteiger partial charge in [-0.25, -0.2) is 0 Å². The third kappa shape index (κ3) is 4.64. The van der Waals surface area contributed by atoms with Crippen LogP contribution >= 0.6 is 0 Å². The predicted octanol–water partition coefficient (Wildman–Crippen LogP) is -2.07. The van der Waals surface area contributed by atoms with Crippen LogP contribution in [0.4, 0.5) is 0 Å². The van der Waals surface area contributed by atoms with Gasteiger partial charge in [-0.3, -0.25) is 9.59 Å². The molecular weight excluding hydrogens is 166 g/mol. The first kappa shape index (κ1) is 10.9. The van der Waals surface area contributed by atoms with E-state index in [1.54, 1.807) is 0 Å². The van der Waals surface area contributed by atoms with Gasteiger partial charge in [-0.2, -0.15) is 0 Å². The predicted molar refractivity (Wildman–Crippen MR) is 38.4 cm³/mol. The van der Waals surface area contributed by atoms with Crippen molar-refractivity contribution in [3.05, 3.63) is 0 Å². The summed E-state index contributed by atoms with van der Waals surface area (Å²) in [6.45, 7) is -0.830. The molecule has 6 nitrogen and oxygen atoms in total. The van der Waals surface area contributed by atoms with Crippen molar-refractivity contribution in [2.45, 2.75) is 12.5 Å². The van der Waals surface area contributed by atoms with Crippen LogP contribution in [0.15, 0.2) is 0 Å². The van der Waals surface area contributed by atoms with Crippen LogP contribution in [0.25, 0.3) is 0 Å². The Kier molecular flexibility index (Phi) is 4.98. The quantitative estimate of drug-likeness (QED) is 0.361. The van der Waals surface area contributed by atoms with Crippen LogP contribution in [0.1, 0.15) is 6.42 Å². The first-order chi connectivity index (χ1) is 5.60. The van der Waals surface area contributed by atoms with E-state index in [2.05, 4.69) is 5.32 Å². The molecule has 0 fully saturated rings. The number of aliphatic hydroxyl groups is 2. The standard InChI is InChI=1S/C6H11NO5/c8-2-4(3-9)7-5(10)1-6(11)12/h4,8-9H,1-3H2,(H,7,10)(H,11,12). The van der Waals surface area contributed by atoms with E-state index in [0.717, 1.165) is 0 Å². The summed E-state index contributed by atoms with van der Waals surface area (Å²) < 4.78 is 0. The summed E-state index contributed by atoms with van der Waals surface area (Å²) in [5.41, 5.74) is 0. The smallest absolute Gasteiger partial charge is 0.312 e. The van der Waals surface area contributed by atoms with Gasteiger partial charge in [0.15, 0.2) is 0 Å². The summed E-state index contributed by atoms with van der Waals surface area (Å²) in [7, 11) is 0. The largest absolute Gasteiger partial charge is 0.481 e. The molecule has 0 saturated carbocycles. The van der Waals surface area contributed by atoms with Crippen molar-refractivity contribution in [1.82, 2.24) is 5.32 Å². The number of carbonyl (C=O) groups is 2. The average Bonchev–Trinajstić information content (AvgIpc) is 1.98. The van der Waals surface area contributed by atoms with Crippen molar-refractivity contribution in [3.63, 3.8) is 0 Å². The lowest BCUT2D eigenvalue weighted by molar-refractivity contribution is -0.141. The van der Waals surface area contributed by atoms with Gasteiger partial charge in [0.25, 0.3) is 0 Å². The highest BCUT2D eigenvalue weighted by atomic mass is 16.4. The van der Waals surface area contributed by atoms with Gasteiger partial charge in [0.2, 0.25) is 5.91 Å². The number of hydrogen-bond acceptors (Lipinski definition) is 4. The molecule has 0 atom stereocenters. The molecule has 0 aliphatic rings. The Morgan fingerprint density at radius 3 is 2.08 bits per heavy atom. The normalized spacial score (nSPS) is 9.92. The van der Waals surface area contributed by atoms with Crippen LogP contribution in [0.2, 0.25) is 0 Å². The molecule has 0 unspecified atom stereocenters. The number of carbonyl (C=O) groups excluding carboxylic acids is 1. The summed E-state index contributed by atoms with van der Waals surface area (Å²) >= 11 is 0. The van der Waals surface area contributed by atoms with E-state index in [0.29, 0.717) is 0 Å². The number of carboxylic acids is 1. The van der Waals surface area contributed by atoms with Gasteiger partial charge in [0, 0.05) is 0 Å². The second-order valence-corrected chi connectivity index (χ2v) is 2.20. The van der Waals surface area contributed by atoms with Crippen molar-refractivity contribution in [2.75, 3.05) is 13.2 Å². The molecule has 0 saturated heterocycles. The molecule has 0 aliphatic heterocycles. The average molecular weight is 177 g/mol. The minimum atomic E-state index is -1.25. The molecule has 12 heavy (non-hydrogen) atoms. The number of nitrogens with one attached hydrogen (secondary N) is 1. The number of aliphatic carboxylic acids is 1. The van der Waals surface area contributed by atoms with E-state index < -0.39 is 37.6 Å². The maximum absolute atomic E-state index is 10.7. The lowest BCUT2D eigenvalue weighted by Crippen LogP contribution is -2.40. The van der Waals surface area contributed by atoms with Gasteiger partial charge in [-0.05, 0) is 0 Å². The van der Waals surface area contributed by atoms with Gasteiger partial charge in [0.05, 0.1) is 19.3 Å². The molecule has 1 amide bonds. The van der Waals surface area contributed by atoms with Gasteiger partial charge >= 0.3 is 5.97 Å². The van der Waals surface area contributed by atoms with Crippen molar-refractivity contribution in [1.29, 1.82) is 0 Å². The number of rotatable bonds is 5. The van der Waals surface area contributed by atoms with Crippen molar-refractivity contribution >= 4 is 11.9 Å². The van der Waals surface area contributed by atoms with Crippen LogP contribution in [0.5, 0.6) is 0 Å². The molecule has 6 heteroatoms. The maximum atomic E-state index is 10.7. The molecular formula is C6H11NO5. The molecule has 0 bridgehead atoms. The number of hydrogen-bond donors (Lipinski definition) is 4. The second-order valence-electron chi connectivity index (χ2n) is 2.20. The first-order valence-electron chi connectivity index (χ1n) is 3.33. The summed E-state index contributed by atoms with van der Waals surface area (Å²) in [6.07, 6.45) is -0.656. The molecule has 0 aliphatic carbocycles. The summed E-state index contributed by atoms with van der Waals surface area (Å²) in [6, 6.07) is -0.781. The molecule has 0 rings (SSSR count). The van der Waals surface area contributed by atoms with E-state index >= 15 is 0 Å². The van der Waals surface area contributed by atoms with Crippen LogP contribution in [-0.2, 0) is 9.59 Å². The Balaban J connectivity index is 3.74. The third-order valence-electron chi connectivity index (χ3n) is 1.12. The number of amides is 1. The van der Waals surface area contributed by atoms with Crippen molar-refractivity contribution in [3.8, 4) is 0 Å². The minimum absolute atomic E-state index is 0.415. The van der Waals surface area contributed by atoms with Gasteiger partial charge in [-0.15, -0.1) is 0 Å². The Hall–Kier alpha value is -1.14. The molecule has 4 N–H and O–H groups in total. The summed E-state index contributed by atoms with van der Waals surface area (Å²) in [5.74, 6) is -1.97. The Morgan fingerprint density at radius 1 is 1.25 bits per heavy atom. The Bertz CT molecular complexity index is 165. The highest BCUT2D eigenvalue weighted by Gasteiger charge is 2.12. The van der Waals surface area contributed by atoms with Crippen molar-refractivity contribution in [2.24, 2.45) is 0 Å². The molecule has 70 valence electrons. The van der Waals surface area contributed by atoms with Gasteiger partial charge in [0.1, 0.15) is 6.42 Å². The molecule has 0 aromatic carbocycles. The fourth-order valence-electron chi connectivity index (χ4n) is 0.565. The fraction of sp³-hybridized carbons (Fsp3) is 0.667. The zero-order chi connectivity index (χ0) is 9.56. The maximum Gasteiger partial charge on any atom is 0.312 e. The summed E-state index contributed by atoms with van der Waals surface area (Å²) in [5, 5.41) is 27.3. The van der Waals surface area contributed by atoms with E-state index in [1.807, 2.05) is 0 Å². The summed E-state index contributed by atoms with van der Waals surface area (Å²) in [4.78, 5) is 20.6. The van der Waals surface area contributed by atoms with Gasteiger partial charge < -0.3 is 20.6 Å². The molecule has 0 aromatic heterocycles. The lowest BCUT2D eigenvalue weighted by Gasteiger charge is -2.11. The molecule has 0 spiro atoms. The zero-order valence-electron chi connectivity index (χ0n) is 6.36. The Morgan fingerprint density at radius 2 is 1.75 bits per heavy atom. The zero-order valence-corrected chi connectivity index (χ0v) is 6.36. The molecule has 0 heterocycles. The van der Waals surface area contributed by atoms with Gasteiger partial charge in [-0.1, -0.05) is 0 Å². The lowest BCUT2D eigenvalue weighted by atomic mass is 10.3. The van der Waals surface area contributed by atoms with Crippen LogP contribution in [0, 0.1) is 0 Å². The fourth-order valence-corrected chi connectivity index (χ4v) is 0.565. The first-order valence-corrected chi connectivity index (χ1v) is 3.33.